The van der Waals surface area contributed by atoms with Crippen LogP contribution >= 0.6 is 11.8 Å². The van der Waals surface area contributed by atoms with Gasteiger partial charge in [-0.2, -0.15) is 26.3 Å². The molecule has 4 rings (SSSR count). The third-order valence-corrected chi connectivity index (χ3v) is 6.00. The number of amides is 2. The van der Waals surface area contributed by atoms with Gasteiger partial charge in [-0.25, -0.2) is 0 Å². The first-order valence-corrected chi connectivity index (χ1v) is 10.9. The predicted molar refractivity (Wildman–Crippen MR) is 118 cm³/mol. The molecule has 1 aliphatic heterocycles. The minimum absolute atomic E-state index is 0.0420. The molecule has 1 aliphatic rings. The van der Waals surface area contributed by atoms with Crippen LogP contribution in [0.2, 0.25) is 0 Å². The molecule has 0 radical (unpaired) electrons. The van der Waals surface area contributed by atoms with Gasteiger partial charge >= 0.3 is 12.4 Å². The number of ether oxygens (including phenoxy) is 1. The van der Waals surface area contributed by atoms with Crippen molar-refractivity contribution in [2.75, 3.05) is 0 Å². The molecule has 0 saturated carbocycles. The second-order valence-electron chi connectivity index (χ2n) is 8.00. The highest BCUT2D eigenvalue weighted by molar-refractivity contribution is 8.18. The number of hydrogen-bond donors (Lipinski definition) is 2. The predicted octanol–water partition coefficient (Wildman–Crippen LogP) is 7.45. The summed E-state index contributed by atoms with van der Waals surface area (Å²) in [6, 6.07) is 5.04. The van der Waals surface area contributed by atoms with Crippen molar-refractivity contribution in [2.45, 2.75) is 32.1 Å². The lowest BCUT2D eigenvalue weighted by Gasteiger charge is -2.20. The normalized spacial score (nSPS) is 16.0. The maximum Gasteiger partial charge on any atom is 0.420 e. The van der Waals surface area contributed by atoms with Crippen molar-refractivity contribution >= 4 is 39.9 Å². The first-order chi connectivity index (χ1) is 16.2. The van der Waals surface area contributed by atoms with Gasteiger partial charge in [0.05, 0.1) is 16.0 Å². The Kier molecular flexibility index (Phi) is 6.12. The number of nitrogens with one attached hydrogen (secondary N) is 2. The molecular weight excluding hydrogens is 498 g/mol. The van der Waals surface area contributed by atoms with E-state index in [2.05, 4.69) is 4.98 Å². The summed E-state index contributed by atoms with van der Waals surface area (Å²) in [6.07, 6.45) is -7.93. The van der Waals surface area contributed by atoms with Crippen molar-refractivity contribution in [2.24, 2.45) is 0 Å². The van der Waals surface area contributed by atoms with Gasteiger partial charge in [0.2, 0.25) is 0 Å². The summed E-state index contributed by atoms with van der Waals surface area (Å²) in [5.74, 6) is -2.49. The van der Waals surface area contributed by atoms with Crippen LogP contribution in [0.1, 0.15) is 42.0 Å². The Morgan fingerprint density at radius 3 is 2.11 bits per heavy atom. The fraction of sp³-hybridized carbons (Fsp3) is 0.217. The van der Waals surface area contributed by atoms with E-state index < -0.39 is 45.9 Å². The third-order valence-electron chi connectivity index (χ3n) is 5.19. The van der Waals surface area contributed by atoms with Crippen molar-refractivity contribution in [1.82, 2.24) is 10.3 Å². The molecule has 2 aromatic carbocycles. The van der Waals surface area contributed by atoms with Gasteiger partial charge in [0.1, 0.15) is 5.75 Å². The van der Waals surface area contributed by atoms with E-state index in [1.165, 1.54) is 18.2 Å². The number of H-pyrrole nitrogens is 1. The molecule has 2 N–H and O–H groups in total. The van der Waals surface area contributed by atoms with Crippen LogP contribution in [-0.2, 0) is 17.1 Å². The highest BCUT2D eigenvalue weighted by Gasteiger charge is 2.43. The largest absolute Gasteiger partial charge is 0.456 e. The molecule has 184 valence electrons. The number of benzene rings is 2. The number of aromatic nitrogens is 1. The highest BCUT2D eigenvalue weighted by Crippen LogP contribution is 2.47. The summed E-state index contributed by atoms with van der Waals surface area (Å²) in [6.45, 7) is 3.78. The smallest absolute Gasteiger partial charge is 0.420 e. The Balaban J connectivity index is 1.88. The molecule has 5 nitrogen and oxygen atoms in total. The zero-order chi connectivity index (χ0) is 25.7. The zero-order valence-corrected chi connectivity index (χ0v) is 18.8. The lowest BCUT2D eigenvalue weighted by molar-refractivity contribution is -0.145. The summed E-state index contributed by atoms with van der Waals surface area (Å²) in [5, 5.41) is 1.71. The monoisotopic (exact) mass is 514 g/mol. The van der Waals surface area contributed by atoms with E-state index in [1.54, 1.807) is 6.20 Å². The van der Waals surface area contributed by atoms with Crippen molar-refractivity contribution in [1.29, 1.82) is 0 Å². The van der Waals surface area contributed by atoms with Gasteiger partial charge in [0.15, 0.2) is 5.75 Å². The maximum absolute atomic E-state index is 13.9. The number of imide groups is 1. The average molecular weight is 514 g/mol. The first kappa shape index (κ1) is 24.7. The van der Waals surface area contributed by atoms with Crippen molar-refractivity contribution in [3.05, 3.63) is 63.7 Å². The van der Waals surface area contributed by atoms with Crippen LogP contribution < -0.4 is 10.1 Å². The highest BCUT2D eigenvalue weighted by atomic mass is 32.2. The van der Waals surface area contributed by atoms with E-state index in [0.717, 1.165) is 11.6 Å². The number of rotatable bonds is 4. The Labute approximate surface area is 198 Å². The van der Waals surface area contributed by atoms with Gasteiger partial charge in [0.25, 0.3) is 11.1 Å². The summed E-state index contributed by atoms with van der Waals surface area (Å²) in [5.41, 5.74) is -2.44. The lowest BCUT2D eigenvalue weighted by Crippen LogP contribution is -2.18. The van der Waals surface area contributed by atoms with E-state index in [0.29, 0.717) is 34.8 Å². The molecule has 0 bridgehead atoms. The van der Waals surface area contributed by atoms with E-state index in [4.69, 9.17) is 4.74 Å². The van der Waals surface area contributed by atoms with Gasteiger partial charge in [-0.3, -0.25) is 14.9 Å². The molecule has 12 heteroatoms. The van der Waals surface area contributed by atoms with E-state index in [1.807, 2.05) is 19.2 Å². The SMILES string of the molecule is CC(C)c1c[nH]c2ccc(Oc3c(C(F)(F)F)cc(C=C4SC(=O)NC4=O)cc3C(F)(F)F)cc12. The Hall–Kier alpha value is -3.41. The Bertz CT molecular complexity index is 1340. The average Bonchev–Trinajstić information content (AvgIpc) is 3.29. The van der Waals surface area contributed by atoms with Crippen molar-refractivity contribution < 1.29 is 40.7 Å². The molecule has 0 aliphatic carbocycles. The molecule has 0 unspecified atom stereocenters. The molecule has 2 heterocycles. The van der Waals surface area contributed by atoms with Crippen LogP contribution in [0.5, 0.6) is 11.5 Å². The zero-order valence-electron chi connectivity index (χ0n) is 18.0. The van der Waals surface area contributed by atoms with Gasteiger partial charge in [-0.1, -0.05) is 13.8 Å². The molecule has 0 spiro atoms. The molecule has 0 atom stereocenters. The van der Waals surface area contributed by atoms with Crippen LogP contribution in [0.3, 0.4) is 0 Å². The van der Waals surface area contributed by atoms with E-state index >= 15 is 0 Å². The second kappa shape index (κ2) is 8.67. The van der Waals surface area contributed by atoms with Gasteiger partial charge < -0.3 is 9.72 Å². The Morgan fingerprint density at radius 2 is 1.60 bits per heavy atom. The fourth-order valence-electron chi connectivity index (χ4n) is 3.62. The summed E-state index contributed by atoms with van der Waals surface area (Å²) < 4.78 is 88.7. The number of alkyl halides is 6. The quantitative estimate of drug-likeness (QED) is 0.280. The summed E-state index contributed by atoms with van der Waals surface area (Å²) in [4.78, 5) is 25.7. The van der Waals surface area contributed by atoms with Crippen LogP contribution in [0, 0.1) is 0 Å². The maximum atomic E-state index is 13.9. The van der Waals surface area contributed by atoms with Crippen molar-refractivity contribution in [3.8, 4) is 11.5 Å². The number of carbonyl (C=O) groups excluding carboxylic acids is 2. The molecule has 3 aromatic rings. The number of aromatic amines is 1. The number of halogens is 6. The Morgan fingerprint density at radius 1 is 0.971 bits per heavy atom. The number of carbonyl (C=O) groups is 2. The van der Waals surface area contributed by atoms with Gasteiger partial charge in [-0.15, -0.1) is 0 Å². The minimum Gasteiger partial charge on any atom is -0.456 e. The van der Waals surface area contributed by atoms with Crippen molar-refractivity contribution in [3.63, 3.8) is 0 Å². The fourth-order valence-corrected chi connectivity index (χ4v) is 4.30. The number of fused-ring (bicyclic) bond motifs is 1. The van der Waals surface area contributed by atoms with Crippen LogP contribution in [0.25, 0.3) is 17.0 Å². The summed E-state index contributed by atoms with van der Waals surface area (Å²) >= 11 is 0.372. The summed E-state index contributed by atoms with van der Waals surface area (Å²) in [7, 11) is 0. The van der Waals surface area contributed by atoms with E-state index in [-0.39, 0.29) is 16.6 Å². The molecule has 35 heavy (non-hydrogen) atoms. The third kappa shape index (κ3) is 5.02. The molecule has 1 fully saturated rings. The second-order valence-corrected chi connectivity index (χ2v) is 9.02. The molecule has 1 aromatic heterocycles. The number of thioether (sulfide) groups is 1. The molecule has 1 saturated heterocycles. The minimum atomic E-state index is -5.22. The van der Waals surface area contributed by atoms with Crippen LogP contribution in [-0.4, -0.2) is 16.1 Å². The topological polar surface area (TPSA) is 71.2 Å². The molecular formula is C23H16F6N2O3S. The molecule has 2 amide bonds. The van der Waals surface area contributed by atoms with Crippen LogP contribution in [0.15, 0.2) is 41.4 Å². The lowest BCUT2D eigenvalue weighted by atomic mass is 10.0. The number of hydrogen-bond acceptors (Lipinski definition) is 4. The van der Waals surface area contributed by atoms with Gasteiger partial charge in [0, 0.05) is 17.1 Å². The van der Waals surface area contributed by atoms with Crippen LogP contribution in [0.4, 0.5) is 31.1 Å². The standard InChI is InChI=1S/C23H16F6N2O3S/c1-10(2)14-9-30-17-4-3-12(8-13(14)17)34-19-15(22(24,25)26)5-11(6-16(19)23(27,28)29)7-18-20(32)31-21(33)35-18/h3-10,30H,1-2H3,(H,31,32,33). The van der Waals surface area contributed by atoms with E-state index in [9.17, 15) is 35.9 Å². The van der Waals surface area contributed by atoms with Gasteiger partial charge in [-0.05, 0) is 65.2 Å². The first-order valence-electron chi connectivity index (χ1n) is 10.1.